The second kappa shape index (κ2) is 4.75. The normalized spacial score (nSPS) is 9.94. The Morgan fingerprint density at radius 2 is 2.06 bits per heavy atom. The number of hydrogen-bond acceptors (Lipinski definition) is 5. The minimum absolute atomic E-state index is 0.0835. The SMILES string of the molecule is O=C(Nc1cnc(Cl)cn1)c1cncc(O)c1. The van der Waals surface area contributed by atoms with Gasteiger partial charge in [0, 0.05) is 6.20 Å². The first-order valence-electron chi connectivity index (χ1n) is 4.58. The highest BCUT2D eigenvalue weighted by atomic mass is 35.5. The standard InChI is InChI=1S/C10H7ClN4O2/c11-8-4-14-9(5-13-8)15-10(17)6-1-7(16)3-12-2-6/h1-5,16H,(H,14,15,17). The average Bonchev–Trinajstić information content (AvgIpc) is 2.32. The molecule has 0 fully saturated rings. The zero-order valence-electron chi connectivity index (χ0n) is 8.46. The molecular formula is C10H7ClN4O2. The molecule has 0 aliphatic heterocycles. The van der Waals surface area contributed by atoms with Crippen LogP contribution in [0.25, 0.3) is 0 Å². The van der Waals surface area contributed by atoms with Crippen LogP contribution < -0.4 is 5.32 Å². The molecule has 2 rings (SSSR count). The highest BCUT2D eigenvalue weighted by Gasteiger charge is 2.08. The van der Waals surface area contributed by atoms with Crippen molar-refractivity contribution in [2.45, 2.75) is 0 Å². The van der Waals surface area contributed by atoms with Crippen molar-refractivity contribution in [2.75, 3.05) is 5.32 Å². The van der Waals surface area contributed by atoms with Crippen molar-refractivity contribution in [3.63, 3.8) is 0 Å². The van der Waals surface area contributed by atoms with E-state index in [9.17, 15) is 9.90 Å². The van der Waals surface area contributed by atoms with Gasteiger partial charge in [0.1, 0.15) is 10.9 Å². The third-order valence-electron chi connectivity index (χ3n) is 1.85. The van der Waals surface area contributed by atoms with Gasteiger partial charge in [0.15, 0.2) is 5.82 Å². The van der Waals surface area contributed by atoms with Crippen LogP contribution in [0.4, 0.5) is 5.82 Å². The molecule has 1 amide bonds. The van der Waals surface area contributed by atoms with Crippen LogP contribution in [0.2, 0.25) is 5.15 Å². The van der Waals surface area contributed by atoms with E-state index >= 15 is 0 Å². The van der Waals surface area contributed by atoms with Gasteiger partial charge in [-0.2, -0.15) is 0 Å². The van der Waals surface area contributed by atoms with Gasteiger partial charge in [-0.25, -0.2) is 9.97 Å². The van der Waals surface area contributed by atoms with Crippen molar-refractivity contribution in [3.8, 4) is 5.75 Å². The van der Waals surface area contributed by atoms with Gasteiger partial charge >= 0.3 is 0 Å². The lowest BCUT2D eigenvalue weighted by atomic mass is 10.2. The number of amides is 1. The molecule has 0 spiro atoms. The largest absolute Gasteiger partial charge is 0.506 e. The summed E-state index contributed by atoms with van der Waals surface area (Å²) < 4.78 is 0. The van der Waals surface area contributed by atoms with Gasteiger partial charge in [-0.15, -0.1) is 0 Å². The molecule has 0 aromatic carbocycles. The quantitative estimate of drug-likeness (QED) is 0.843. The molecule has 0 bridgehead atoms. The van der Waals surface area contributed by atoms with E-state index < -0.39 is 5.91 Å². The number of aromatic nitrogens is 3. The lowest BCUT2D eigenvalue weighted by Gasteiger charge is -2.03. The van der Waals surface area contributed by atoms with Crippen LogP contribution in [0.15, 0.2) is 30.9 Å². The minimum Gasteiger partial charge on any atom is -0.506 e. The van der Waals surface area contributed by atoms with Crippen LogP contribution in [0.5, 0.6) is 5.75 Å². The Kier molecular flexibility index (Phi) is 3.15. The van der Waals surface area contributed by atoms with E-state index in [1.165, 1.54) is 30.9 Å². The number of aromatic hydroxyl groups is 1. The van der Waals surface area contributed by atoms with Crippen LogP contribution >= 0.6 is 11.6 Å². The highest BCUT2D eigenvalue weighted by molar-refractivity contribution is 6.29. The molecule has 2 aromatic heterocycles. The van der Waals surface area contributed by atoms with Crippen molar-refractivity contribution < 1.29 is 9.90 Å². The number of halogens is 1. The topological polar surface area (TPSA) is 88.0 Å². The summed E-state index contributed by atoms with van der Waals surface area (Å²) in [5, 5.41) is 11.9. The van der Waals surface area contributed by atoms with Crippen LogP contribution in [0.3, 0.4) is 0 Å². The summed E-state index contributed by atoms with van der Waals surface area (Å²) in [7, 11) is 0. The Morgan fingerprint density at radius 1 is 1.24 bits per heavy atom. The second-order valence-corrected chi connectivity index (χ2v) is 3.50. The zero-order valence-corrected chi connectivity index (χ0v) is 9.22. The van der Waals surface area contributed by atoms with Gasteiger partial charge in [0.25, 0.3) is 5.91 Å². The lowest BCUT2D eigenvalue weighted by molar-refractivity contribution is 0.102. The molecule has 2 N–H and O–H groups in total. The van der Waals surface area contributed by atoms with Gasteiger partial charge in [0.05, 0.1) is 24.2 Å². The first kappa shape index (κ1) is 11.3. The zero-order chi connectivity index (χ0) is 12.3. The maximum Gasteiger partial charge on any atom is 0.258 e. The van der Waals surface area contributed by atoms with E-state index in [2.05, 4.69) is 20.3 Å². The number of carbonyl (C=O) groups is 1. The fourth-order valence-corrected chi connectivity index (χ4v) is 1.21. The third-order valence-corrected chi connectivity index (χ3v) is 2.04. The molecule has 0 unspecified atom stereocenters. The summed E-state index contributed by atoms with van der Waals surface area (Å²) in [6, 6.07) is 1.30. The molecule has 17 heavy (non-hydrogen) atoms. The first-order valence-corrected chi connectivity index (χ1v) is 4.96. The molecule has 0 radical (unpaired) electrons. The summed E-state index contributed by atoms with van der Waals surface area (Å²) in [6.45, 7) is 0. The van der Waals surface area contributed by atoms with Gasteiger partial charge < -0.3 is 10.4 Å². The molecule has 2 aromatic rings. The Hall–Kier alpha value is -2.21. The molecule has 0 aliphatic carbocycles. The summed E-state index contributed by atoms with van der Waals surface area (Å²) >= 11 is 5.56. The molecular weight excluding hydrogens is 244 g/mol. The van der Waals surface area contributed by atoms with Gasteiger partial charge in [0.2, 0.25) is 0 Å². The van der Waals surface area contributed by atoms with Gasteiger partial charge in [-0.05, 0) is 6.07 Å². The third kappa shape index (κ3) is 2.88. The fourth-order valence-electron chi connectivity index (χ4n) is 1.12. The minimum atomic E-state index is -0.440. The van der Waals surface area contributed by atoms with Crippen LogP contribution in [0.1, 0.15) is 10.4 Å². The molecule has 2 heterocycles. The van der Waals surface area contributed by atoms with E-state index in [4.69, 9.17) is 11.6 Å². The Balaban J connectivity index is 2.14. The molecule has 86 valence electrons. The monoisotopic (exact) mass is 250 g/mol. The second-order valence-electron chi connectivity index (χ2n) is 3.11. The van der Waals surface area contributed by atoms with E-state index in [0.717, 1.165) is 0 Å². The predicted molar refractivity (Wildman–Crippen MR) is 60.9 cm³/mol. The highest BCUT2D eigenvalue weighted by Crippen LogP contribution is 2.11. The molecule has 0 atom stereocenters. The number of anilines is 1. The van der Waals surface area contributed by atoms with Crippen molar-refractivity contribution in [1.82, 2.24) is 15.0 Å². The van der Waals surface area contributed by atoms with Crippen molar-refractivity contribution in [2.24, 2.45) is 0 Å². The van der Waals surface area contributed by atoms with Crippen LogP contribution in [0, 0.1) is 0 Å². The molecule has 0 aliphatic rings. The van der Waals surface area contributed by atoms with E-state index in [1.54, 1.807) is 0 Å². The van der Waals surface area contributed by atoms with Gasteiger partial charge in [-0.3, -0.25) is 9.78 Å². The molecule has 0 saturated heterocycles. The number of carbonyl (C=O) groups excluding carboxylic acids is 1. The smallest absolute Gasteiger partial charge is 0.258 e. The summed E-state index contributed by atoms with van der Waals surface area (Å²) in [6.07, 6.45) is 5.21. The number of rotatable bonds is 2. The summed E-state index contributed by atoms with van der Waals surface area (Å²) in [5.74, 6) is -0.257. The van der Waals surface area contributed by atoms with Crippen molar-refractivity contribution in [1.29, 1.82) is 0 Å². The van der Waals surface area contributed by atoms with Crippen LogP contribution in [-0.4, -0.2) is 26.0 Å². The number of hydrogen-bond donors (Lipinski definition) is 2. The Morgan fingerprint density at radius 3 is 2.71 bits per heavy atom. The maximum absolute atomic E-state index is 11.7. The van der Waals surface area contributed by atoms with E-state index in [-0.39, 0.29) is 22.3 Å². The molecule has 7 heteroatoms. The van der Waals surface area contributed by atoms with Gasteiger partial charge in [-0.1, -0.05) is 11.6 Å². The Bertz CT molecular complexity index is 544. The summed E-state index contributed by atoms with van der Waals surface area (Å²) in [5.41, 5.74) is 0.224. The Labute approximate surface area is 101 Å². The molecule has 0 saturated carbocycles. The number of pyridine rings is 1. The lowest BCUT2D eigenvalue weighted by Crippen LogP contribution is -2.13. The fraction of sp³-hybridized carbons (Fsp3) is 0. The predicted octanol–water partition coefficient (Wildman–Crippen LogP) is 1.48. The average molecular weight is 251 g/mol. The maximum atomic E-state index is 11.7. The van der Waals surface area contributed by atoms with Crippen molar-refractivity contribution in [3.05, 3.63) is 41.6 Å². The first-order chi connectivity index (χ1) is 8.15. The number of nitrogens with zero attached hydrogens (tertiary/aromatic N) is 3. The summed E-state index contributed by atoms with van der Waals surface area (Å²) in [4.78, 5) is 23.0. The molecule has 6 nitrogen and oxygen atoms in total. The van der Waals surface area contributed by atoms with E-state index in [0.29, 0.717) is 0 Å². The van der Waals surface area contributed by atoms with Crippen LogP contribution in [-0.2, 0) is 0 Å². The van der Waals surface area contributed by atoms with E-state index in [1.807, 2.05) is 0 Å². The van der Waals surface area contributed by atoms with Crippen molar-refractivity contribution >= 4 is 23.3 Å². The number of nitrogens with one attached hydrogen (secondary N) is 1.